The normalized spacial score (nSPS) is 19.2. The van der Waals surface area contributed by atoms with Crippen LogP contribution in [0.25, 0.3) is 16.6 Å². The van der Waals surface area contributed by atoms with Gasteiger partial charge in [0.25, 0.3) is 27.5 Å². The molecule has 0 saturated carbocycles. The Balaban J connectivity index is 0.706. The van der Waals surface area contributed by atoms with Crippen molar-refractivity contribution >= 4 is 90.5 Å². The fraction of sp³-hybridized carbons (Fsp3) is 0.387. The van der Waals surface area contributed by atoms with Crippen LogP contribution < -0.4 is 30.3 Å². The lowest BCUT2D eigenvalue weighted by Crippen LogP contribution is -2.52. The van der Waals surface area contributed by atoms with E-state index in [0.717, 1.165) is 80.1 Å². The average molecular weight is 1190 g/mol. The number of sulfonamides is 1. The number of H-pyrrole nitrogens is 1. The Kier molecular flexibility index (Phi) is 17.0. The summed E-state index contributed by atoms with van der Waals surface area (Å²) in [4.78, 5) is 92.0. The van der Waals surface area contributed by atoms with Crippen molar-refractivity contribution < 1.29 is 42.1 Å². The fourth-order valence-corrected chi connectivity index (χ4v) is 13.4. The molecule has 2 unspecified atom stereocenters. The Morgan fingerprint density at radius 2 is 1.73 bits per heavy atom. The van der Waals surface area contributed by atoms with Gasteiger partial charge >= 0.3 is 0 Å². The summed E-state index contributed by atoms with van der Waals surface area (Å²) in [5.41, 5.74) is 7.13. The highest BCUT2D eigenvalue weighted by Crippen LogP contribution is 2.44. The number of fused-ring (bicyclic) bond motifs is 2. The first-order valence-corrected chi connectivity index (χ1v) is 30.8. The molecule has 2 atom stereocenters. The maximum Gasteiger partial charge on any atom is 0.293 e. The van der Waals surface area contributed by atoms with Crippen LogP contribution in [0.1, 0.15) is 103 Å². The van der Waals surface area contributed by atoms with Crippen LogP contribution in [-0.2, 0) is 31.0 Å². The number of nitro groups is 1. The van der Waals surface area contributed by atoms with Crippen molar-refractivity contribution in [3.63, 3.8) is 0 Å². The molecule has 6 aromatic rings. The van der Waals surface area contributed by atoms with Gasteiger partial charge in [0, 0.05) is 130 Å². The van der Waals surface area contributed by atoms with Gasteiger partial charge in [-0.05, 0) is 128 Å². The van der Waals surface area contributed by atoms with Crippen LogP contribution in [0, 0.1) is 21.4 Å². The zero-order chi connectivity index (χ0) is 59.6. The van der Waals surface area contributed by atoms with Crippen molar-refractivity contribution in [2.75, 3.05) is 74.4 Å². The highest BCUT2D eigenvalue weighted by Gasteiger charge is 2.40. The van der Waals surface area contributed by atoms with Gasteiger partial charge in [0.15, 0.2) is 0 Å². The molecular formula is C62H68ClN11O10S. The number of piperidine rings is 2. The van der Waals surface area contributed by atoms with Crippen LogP contribution in [0.5, 0.6) is 11.5 Å². The summed E-state index contributed by atoms with van der Waals surface area (Å²) in [6, 6.07) is 24.8. The summed E-state index contributed by atoms with van der Waals surface area (Å²) >= 11 is 6.27. The monoisotopic (exact) mass is 1190 g/mol. The minimum atomic E-state index is -4.68. The number of allylic oxidation sites excluding steroid dienone is 1. The van der Waals surface area contributed by atoms with Gasteiger partial charge in [-0.1, -0.05) is 49.2 Å². The number of likely N-dealkylation sites (tertiary alicyclic amines) is 1. The number of halogens is 1. The van der Waals surface area contributed by atoms with E-state index in [1.54, 1.807) is 41.4 Å². The summed E-state index contributed by atoms with van der Waals surface area (Å²) in [5.74, 6) is -1.79. The number of nitrogens with zero attached hydrogens (tertiary/aromatic N) is 6. The number of pyridine rings is 1. The summed E-state index contributed by atoms with van der Waals surface area (Å²) in [5, 5.41) is 22.8. The topological polar surface area (TPSA) is 262 Å². The number of aromatic nitrogens is 2. The predicted octanol–water partition coefficient (Wildman–Crippen LogP) is 9.13. The standard InChI is InChI=1S/C62H68ClN11O10S/c1-62(2)22-20-42(49(33-62)40-10-12-43(63)13-11-40)37-70-26-28-71(29-27-70)44-14-16-48(55(31-44)84-45-30-41-21-24-65-58(41)67-35-45)59(77)69-85(82,83)46-15-17-52(54(32-46)74(80)81)66-34-39-6-5-25-72(36-39)57(76)9-4-23-64-51-8-3-7-47-50(51)38-73(61(47)79)53-18-19-56(75)68-60(53)78/h3,7-8,10-17,21,24,30-32,35,39,53,64,66H,4-6,9,18-20,22-23,25-29,33-34,36-38H2,1-2H3,(H,65,67)(H,69,77)(H,68,75,78). The van der Waals surface area contributed by atoms with E-state index in [1.807, 2.05) is 24.3 Å². The van der Waals surface area contributed by atoms with E-state index >= 15 is 0 Å². The molecular weight excluding hydrogens is 1130 g/mol. The number of anilines is 3. The number of benzene rings is 4. The summed E-state index contributed by atoms with van der Waals surface area (Å²) in [7, 11) is -4.68. The second kappa shape index (κ2) is 24.7. The number of nitrogens with one attached hydrogen (secondary N) is 5. The third kappa shape index (κ3) is 13.3. The summed E-state index contributed by atoms with van der Waals surface area (Å²) < 4.78 is 36.5. The number of rotatable bonds is 19. The van der Waals surface area contributed by atoms with Crippen LogP contribution in [0.3, 0.4) is 0 Å². The van der Waals surface area contributed by atoms with Crippen LogP contribution in [0.4, 0.5) is 22.7 Å². The number of nitro benzene ring substituents is 1. The molecule has 3 fully saturated rings. The van der Waals surface area contributed by atoms with Crippen molar-refractivity contribution in [3.8, 4) is 11.5 Å². The van der Waals surface area contributed by atoms with E-state index in [-0.39, 0.29) is 78.4 Å². The Morgan fingerprint density at radius 3 is 2.52 bits per heavy atom. The van der Waals surface area contributed by atoms with Gasteiger partial charge in [-0.15, -0.1) is 0 Å². The van der Waals surface area contributed by atoms with Gasteiger partial charge in [-0.25, -0.2) is 18.1 Å². The molecule has 4 aliphatic heterocycles. The molecule has 6 heterocycles. The zero-order valence-corrected chi connectivity index (χ0v) is 49.0. The summed E-state index contributed by atoms with van der Waals surface area (Å²) in [6.07, 6.45) is 9.04. The summed E-state index contributed by atoms with van der Waals surface area (Å²) in [6.45, 7) is 10.4. The number of piperazine rings is 1. The maximum absolute atomic E-state index is 14.2. The molecule has 5 amide bonds. The third-order valence-corrected chi connectivity index (χ3v) is 18.5. The molecule has 85 heavy (non-hydrogen) atoms. The van der Waals surface area contributed by atoms with Gasteiger partial charge in [-0.2, -0.15) is 0 Å². The van der Waals surface area contributed by atoms with Crippen LogP contribution in [-0.4, -0.2) is 132 Å². The van der Waals surface area contributed by atoms with Gasteiger partial charge in [0.05, 0.1) is 21.6 Å². The number of imide groups is 1. The lowest BCUT2D eigenvalue weighted by atomic mass is 9.72. The SMILES string of the molecule is CC1(C)CCC(CN2CCN(c3ccc(C(=O)NS(=O)(=O)c4ccc(NCC5CCCN(C(=O)CCCNc6cccc7c6CN(C6CCC(=O)NC6=O)C7=O)C5)c([N+](=O)[O-])c4)c(Oc4cnc5[nH]ccc5c4)c3)CC2)=C(c2ccc(Cl)cc2)C1. The number of carbonyl (C=O) groups is 5. The van der Waals surface area contributed by atoms with Gasteiger partial charge in [0.1, 0.15) is 28.9 Å². The zero-order valence-electron chi connectivity index (χ0n) is 47.5. The van der Waals surface area contributed by atoms with E-state index < -0.39 is 43.4 Å². The van der Waals surface area contributed by atoms with Crippen molar-refractivity contribution in [1.82, 2.24) is 34.7 Å². The van der Waals surface area contributed by atoms with Crippen LogP contribution in [0.2, 0.25) is 5.02 Å². The minimum Gasteiger partial charge on any atom is -0.455 e. The Labute approximate surface area is 497 Å². The number of amides is 5. The molecule has 4 aromatic carbocycles. The Bertz CT molecular complexity index is 3750. The quantitative estimate of drug-likeness (QED) is 0.0219. The number of carbonyl (C=O) groups excluding carboxylic acids is 5. The van der Waals surface area contributed by atoms with Crippen molar-refractivity contribution in [1.29, 1.82) is 0 Å². The van der Waals surface area contributed by atoms with Crippen molar-refractivity contribution in [2.45, 2.75) is 89.1 Å². The molecule has 3 saturated heterocycles. The Morgan fingerprint density at radius 1 is 0.918 bits per heavy atom. The predicted molar refractivity (Wildman–Crippen MR) is 323 cm³/mol. The number of ether oxygens (including phenoxy) is 1. The van der Waals surface area contributed by atoms with E-state index in [2.05, 4.69) is 66.4 Å². The number of hydrogen-bond acceptors (Lipinski definition) is 15. The van der Waals surface area contributed by atoms with E-state index in [1.165, 1.54) is 46.0 Å². The molecule has 444 valence electrons. The van der Waals surface area contributed by atoms with Gasteiger partial charge in [0.2, 0.25) is 17.7 Å². The second-order valence-corrected chi connectivity index (χ2v) is 25.5. The van der Waals surface area contributed by atoms with Crippen molar-refractivity contribution in [2.24, 2.45) is 11.3 Å². The van der Waals surface area contributed by atoms with Crippen LogP contribution in [0.15, 0.2) is 114 Å². The first-order chi connectivity index (χ1) is 40.8. The largest absolute Gasteiger partial charge is 0.455 e. The fourth-order valence-electron chi connectivity index (χ4n) is 12.3. The third-order valence-electron chi connectivity index (χ3n) is 17.0. The molecule has 2 aromatic heterocycles. The molecule has 5 aliphatic rings. The molecule has 23 heteroatoms. The second-order valence-electron chi connectivity index (χ2n) is 23.4. The molecule has 11 rings (SSSR count). The van der Waals surface area contributed by atoms with Crippen molar-refractivity contribution in [3.05, 3.63) is 146 Å². The smallest absolute Gasteiger partial charge is 0.293 e. The molecule has 1 aliphatic carbocycles. The van der Waals surface area contributed by atoms with E-state index in [9.17, 15) is 42.5 Å². The maximum atomic E-state index is 14.2. The van der Waals surface area contributed by atoms with Gasteiger partial charge < -0.3 is 35.1 Å². The first kappa shape index (κ1) is 58.4. The van der Waals surface area contributed by atoms with Gasteiger partial charge in [-0.3, -0.25) is 44.3 Å². The number of hydrogen-bond donors (Lipinski definition) is 5. The molecule has 0 radical (unpaired) electrons. The molecule has 21 nitrogen and oxygen atoms in total. The molecule has 5 N–H and O–H groups in total. The van der Waals surface area contributed by atoms with Crippen LogP contribution >= 0.6 is 11.6 Å². The lowest BCUT2D eigenvalue weighted by molar-refractivity contribution is -0.384. The minimum absolute atomic E-state index is 0.0389. The van der Waals surface area contributed by atoms with E-state index in [4.69, 9.17) is 16.3 Å². The number of aromatic amines is 1. The average Bonchev–Trinajstić information content (AvgIpc) is 3.38. The van der Waals surface area contributed by atoms with E-state index in [0.29, 0.717) is 61.1 Å². The first-order valence-electron chi connectivity index (χ1n) is 28.9. The molecule has 0 bridgehead atoms. The molecule has 0 spiro atoms. The lowest BCUT2D eigenvalue weighted by Gasteiger charge is -2.39. The highest BCUT2D eigenvalue weighted by atomic mass is 35.5. The Hall–Kier alpha value is -8.34. The highest BCUT2D eigenvalue weighted by molar-refractivity contribution is 7.90.